The third-order valence-corrected chi connectivity index (χ3v) is 5.75. The average Bonchev–Trinajstić information content (AvgIpc) is 3.39. The number of piperazine rings is 1. The number of carbonyl (C=O) groups is 1. The quantitative estimate of drug-likeness (QED) is 0.554. The van der Waals surface area contributed by atoms with Gasteiger partial charge in [0.05, 0.1) is 17.9 Å². The number of benzene rings is 1. The second-order valence-electron chi connectivity index (χ2n) is 8.51. The number of H-pyrrole nitrogens is 1. The number of amides is 1. The van der Waals surface area contributed by atoms with Crippen LogP contribution in [0.3, 0.4) is 0 Å². The highest BCUT2D eigenvalue weighted by Crippen LogP contribution is 2.25. The molecule has 8 nitrogen and oxygen atoms in total. The Morgan fingerprint density at radius 2 is 2.00 bits per heavy atom. The lowest BCUT2D eigenvalue weighted by Gasteiger charge is -2.30. The SMILES string of the molecule is CC(C)C[C@H](N)c1cn([C@@H](Cc2c[nH]c3ccccc23)C(=O)N2CCNCC2)nn1. The zero-order valence-electron chi connectivity index (χ0n) is 17.7. The third kappa shape index (κ3) is 4.39. The number of fused-ring (bicyclic) bond motifs is 1. The lowest BCUT2D eigenvalue weighted by atomic mass is 10.0. The van der Waals surface area contributed by atoms with Crippen molar-refractivity contribution in [3.8, 4) is 0 Å². The largest absolute Gasteiger partial charge is 0.361 e. The van der Waals surface area contributed by atoms with Crippen molar-refractivity contribution in [2.24, 2.45) is 11.7 Å². The van der Waals surface area contributed by atoms with E-state index in [9.17, 15) is 4.79 Å². The van der Waals surface area contributed by atoms with E-state index in [4.69, 9.17) is 5.73 Å². The molecule has 8 heteroatoms. The summed E-state index contributed by atoms with van der Waals surface area (Å²) in [5, 5.41) is 13.1. The Kier molecular flexibility index (Phi) is 6.15. The minimum Gasteiger partial charge on any atom is -0.361 e. The van der Waals surface area contributed by atoms with Gasteiger partial charge in [0, 0.05) is 49.7 Å². The summed E-state index contributed by atoms with van der Waals surface area (Å²) in [6.07, 6.45) is 5.23. The van der Waals surface area contributed by atoms with Crippen molar-refractivity contribution >= 4 is 16.8 Å². The fourth-order valence-electron chi connectivity index (χ4n) is 4.14. The maximum absolute atomic E-state index is 13.5. The molecule has 2 aromatic heterocycles. The van der Waals surface area contributed by atoms with Crippen LogP contribution in [0.1, 0.15) is 43.6 Å². The molecule has 1 aliphatic heterocycles. The molecule has 0 unspecified atom stereocenters. The summed E-state index contributed by atoms with van der Waals surface area (Å²) in [4.78, 5) is 18.7. The van der Waals surface area contributed by atoms with Crippen molar-refractivity contribution in [1.29, 1.82) is 0 Å². The maximum atomic E-state index is 13.5. The first kappa shape index (κ1) is 20.6. The summed E-state index contributed by atoms with van der Waals surface area (Å²) in [6, 6.07) is 7.53. The van der Waals surface area contributed by atoms with Gasteiger partial charge in [-0.25, -0.2) is 4.68 Å². The number of hydrogen-bond acceptors (Lipinski definition) is 5. The first-order valence-electron chi connectivity index (χ1n) is 10.7. The fraction of sp³-hybridized carbons (Fsp3) is 0.500. The van der Waals surface area contributed by atoms with Gasteiger partial charge in [-0.15, -0.1) is 5.10 Å². The van der Waals surface area contributed by atoms with Gasteiger partial charge in [0.1, 0.15) is 6.04 Å². The molecule has 160 valence electrons. The zero-order chi connectivity index (χ0) is 21.1. The highest BCUT2D eigenvalue weighted by atomic mass is 16.2. The summed E-state index contributed by atoms with van der Waals surface area (Å²) in [6.45, 7) is 7.31. The van der Waals surface area contributed by atoms with Crippen LogP contribution >= 0.6 is 0 Å². The van der Waals surface area contributed by atoms with E-state index in [1.165, 1.54) is 0 Å². The number of carbonyl (C=O) groups excluding carboxylic acids is 1. The monoisotopic (exact) mass is 409 g/mol. The summed E-state index contributed by atoms with van der Waals surface area (Å²) >= 11 is 0. The van der Waals surface area contributed by atoms with E-state index in [2.05, 4.69) is 40.5 Å². The number of nitrogens with zero attached hydrogens (tertiary/aromatic N) is 4. The molecule has 1 amide bonds. The summed E-state index contributed by atoms with van der Waals surface area (Å²) in [5.74, 6) is 0.547. The molecule has 3 heterocycles. The fourth-order valence-corrected chi connectivity index (χ4v) is 4.14. The molecule has 1 saturated heterocycles. The number of aromatic amines is 1. The van der Waals surface area contributed by atoms with E-state index in [1.54, 1.807) is 4.68 Å². The number of para-hydroxylation sites is 1. The Balaban J connectivity index is 1.63. The normalized spacial score (nSPS) is 16.9. The molecule has 0 spiro atoms. The topological polar surface area (TPSA) is 105 Å². The van der Waals surface area contributed by atoms with Crippen LogP contribution in [0.15, 0.2) is 36.7 Å². The second-order valence-corrected chi connectivity index (χ2v) is 8.51. The molecule has 1 aliphatic rings. The Morgan fingerprint density at radius 3 is 2.77 bits per heavy atom. The molecule has 30 heavy (non-hydrogen) atoms. The molecule has 2 atom stereocenters. The molecule has 1 aromatic carbocycles. The van der Waals surface area contributed by atoms with Crippen LogP contribution in [0.5, 0.6) is 0 Å². The van der Waals surface area contributed by atoms with Crippen LogP contribution in [0, 0.1) is 5.92 Å². The lowest BCUT2D eigenvalue weighted by molar-refractivity contribution is -0.135. The van der Waals surface area contributed by atoms with Crippen LogP contribution in [0.2, 0.25) is 0 Å². The highest BCUT2D eigenvalue weighted by Gasteiger charge is 2.29. The average molecular weight is 410 g/mol. The smallest absolute Gasteiger partial charge is 0.247 e. The van der Waals surface area contributed by atoms with E-state index < -0.39 is 6.04 Å². The Morgan fingerprint density at radius 1 is 1.23 bits per heavy atom. The molecule has 0 aliphatic carbocycles. The number of aromatic nitrogens is 4. The van der Waals surface area contributed by atoms with E-state index in [1.807, 2.05) is 35.5 Å². The number of nitrogens with one attached hydrogen (secondary N) is 2. The molecule has 0 saturated carbocycles. The van der Waals surface area contributed by atoms with Crippen molar-refractivity contribution in [3.63, 3.8) is 0 Å². The molecular formula is C22H31N7O. The molecular weight excluding hydrogens is 378 g/mol. The minimum atomic E-state index is -0.449. The zero-order valence-corrected chi connectivity index (χ0v) is 17.7. The predicted molar refractivity (Wildman–Crippen MR) is 117 cm³/mol. The number of nitrogens with two attached hydrogens (primary N) is 1. The van der Waals surface area contributed by atoms with E-state index in [-0.39, 0.29) is 11.9 Å². The van der Waals surface area contributed by atoms with Crippen molar-refractivity contribution in [1.82, 2.24) is 30.2 Å². The predicted octanol–water partition coefficient (Wildman–Crippen LogP) is 2.02. The van der Waals surface area contributed by atoms with Gasteiger partial charge in [-0.2, -0.15) is 0 Å². The third-order valence-electron chi connectivity index (χ3n) is 5.75. The second kappa shape index (κ2) is 8.97. The van der Waals surface area contributed by atoms with Crippen LogP contribution in [-0.2, 0) is 11.2 Å². The van der Waals surface area contributed by atoms with E-state index in [0.717, 1.165) is 41.7 Å². The van der Waals surface area contributed by atoms with Crippen molar-refractivity contribution in [2.45, 2.75) is 38.8 Å². The first-order chi connectivity index (χ1) is 14.5. The molecule has 1 fully saturated rings. The minimum absolute atomic E-state index is 0.0793. The van der Waals surface area contributed by atoms with Gasteiger partial charge in [-0.05, 0) is 24.0 Å². The van der Waals surface area contributed by atoms with Crippen molar-refractivity contribution < 1.29 is 4.79 Å². The molecule has 0 radical (unpaired) electrons. The van der Waals surface area contributed by atoms with E-state index in [0.29, 0.717) is 25.4 Å². The lowest BCUT2D eigenvalue weighted by Crippen LogP contribution is -2.49. The highest BCUT2D eigenvalue weighted by molar-refractivity contribution is 5.85. The summed E-state index contributed by atoms with van der Waals surface area (Å²) < 4.78 is 1.71. The Labute approximate surface area is 176 Å². The molecule has 3 aromatic rings. The van der Waals surface area contributed by atoms with Crippen molar-refractivity contribution in [2.75, 3.05) is 26.2 Å². The summed E-state index contributed by atoms with van der Waals surface area (Å²) in [5.41, 5.74) is 9.22. The molecule has 4 rings (SSSR count). The first-order valence-corrected chi connectivity index (χ1v) is 10.7. The Hall–Kier alpha value is -2.71. The maximum Gasteiger partial charge on any atom is 0.247 e. The van der Waals surface area contributed by atoms with Gasteiger partial charge in [0.25, 0.3) is 0 Å². The van der Waals surface area contributed by atoms with E-state index >= 15 is 0 Å². The van der Waals surface area contributed by atoms with Gasteiger partial charge in [-0.3, -0.25) is 4.79 Å². The van der Waals surface area contributed by atoms with Crippen LogP contribution < -0.4 is 11.1 Å². The van der Waals surface area contributed by atoms with Gasteiger partial charge in [0.2, 0.25) is 5.91 Å². The number of rotatable bonds is 7. The number of hydrogen-bond donors (Lipinski definition) is 3. The molecule has 4 N–H and O–H groups in total. The van der Waals surface area contributed by atoms with Crippen LogP contribution in [0.4, 0.5) is 0 Å². The van der Waals surface area contributed by atoms with Gasteiger partial charge >= 0.3 is 0 Å². The van der Waals surface area contributed by atoms with Gasteiger partial charge < -0.3 is 20.9 Å². The standard InChI is InChI=1S/C22H31N7O/c1-15(2)11-18(23)20-14-29(27-26-20)21(22(30)28-9-7-24-8-10-28)12-16-13-25-19-6-4-3-5-17(16)19/h3-6,13-15,18,21,24-25H,7-12,23H2,1-2H3/t18-,21-/m0/s1. The van der Waals surface area contributed by atoms with Crippen LogP contribution in [0.25, 0.3) is 10.9 Å². The van der Waals surface area contributed by atoms with Crippen molar-refractivity contribution in [3.05, 3.63) is 47.9 Å². The summed E-state index contributed by atoms with van der Waals surface area (Å²) in [7, 11) is 0. The molecule has 0 bridgehead atoms. The Bertz CT molecular complexity index is 986. The van der Waals surface area contributed by atoms with Gasteiger partial charge in [-0.1, -0.05) is 37.3 Å². The van der Waals surface area contributed by atoms with Crippen LogP contribution in [-0.4, -0.2) is 57.0 Å². The van der Waals surface area contributed by atoms with Gasteiger partial charge in [0.15, 0.2) is 0 Å².